The second-order valence-corrected chi connectivity index (χ2v) is 8.00. The molecule has 20 heavy (non-hydrogen) atoms. The van der Waals surface area contributed by atoms with Crippen LogP contribution in [0.15, 0.2) is 5.38 Å². The third-order valence-electron chi connectivity index (χ3n) is 4.12. The van der Waals surface area contributed by atoms with Crippen molar-refractivity contribution in [2.75, 3.05) is 33.7 Å². The molecule has 0 radical (unpaired) electrons. The minimum absolute atomic E-state index is 0.126. The van der Waals surface area contributed by atoms with E-state index in [0.29, 0.717) is 6.04 Å². The van der Waals surface area contributed by atoms with Gasteiger partial charge in [0.05, 0.1) is 10.7 Å². The summed E-state index contributed by atoms with van der Waals surface area (Å²) < 4.78 is 0. The molecule has 0 bridgehead atoms. The highest BCUT2D eigenvalue weighted by Gasteiger charge is 2.28. The number of hydrogen-bond acceptors (Lipinski definition) is 5. The third kappa shape index (κ3) is 3.79. The van der Waals surface area contributed by atoms with Crippen molar-refractivity contribution in [3.8, 4) is 0 Å². The Hall–Kier alpha value is -0.490. The summed E-state index contributed by atoms with van der Waals surface area (Å²) in [5, 5.41) is 3.35. The van der Waals surface area contributed by atoms with Gasteiger partial charge >= 0.3 is 0 Å². The Labute approximate surface area is 127 Å². The van der Waals surface area contributed by atoms with Crippen molar-refractivity contribution in [1.29, 1.82) is 0 Å². The first kappa shape index (κ1) is 15.9. The van der Waals surface area contributed by atoms with E-state index in [0.717, 1.165) is 26.1 Å². The lowest BCUT2D eigenvalue weighted by Crippen LogP contribution is -2.58. The van der Waals surface area contributed by atoms with Gasteiger partial charge in [-0.05, 0) is 14.1 Å². The van der Waals surface area contributed by atoms with Crippen LogP contribution in [0.4, 0.5) is 0 Å². The predicted octanol–water partition coefficient (Wildman–Crippen LogP) is 1.56. The number of rotatable bonds is 3. The van der Waals surface area contributed by atoms with Crippen molar-refractivity contribution in [2.45, 2.75) is 44.7 Å². The highest BCUT2D eigenvalue weighted by molar-refractivity contribution is 7.09. The molecular weight excluding hydrogens is 268 g/mol. The van der Waals surface area contributed by atoms with Crippen molar-refractivity contribution in [2.24, 2.45) is 5.73 Å². The molecule has 2 unspecified atom stereocenters. The molecule has 1 aromatic heterocycles. The van der Waals surface area contributed by atoms with Crippen molar-refractivity contribution >= 4 is 11.3 Å². The average Bonchev–Trinajstić information content (AvgIpc) is 2.80. The van der Waals surface area contributed by atoms with Gasteiger partial charge in [0.2, 0.25) is 0 Å². The second kappa shape index (κ2) is 6.10. The van der Waals surface area contributed by atoms with Crippen molar-refractivity contribution < 1.29 is 0 Å². The maximum absolute atomic E-state index is 6.45. The fourth-order valence-corrected chi connectivity index (χ4v) is 3.69. The molecule has 4 nitrogen and oxygen atoms in total. The Balaban J connectivity index is 2.00. The van der Waals surface area contributed by atoms with Crippen LogP contribution >= 0.6 is 11.3 Å². The first-order chi connectivity index (χ1) is 9.27. The zero-order chi connectivity index (χ0) is 14.9. The van der Waals surface area contributed by atoms with E-state index in [4.69, 9.17) is 10.7 Å². The van der Waals surface area contributed by atoms with Crippen molar-refractivity contribution in [3.05, 3.63) is 16.1 Å². The van der Waals surface area contributed by atoms with E-state index >= 15 is 0 Å². The molecule has 1 saturated heterocycles. The van der Waals surface area contributed by atoms with E-state index in [1.165, 1.54) is 10.7 Å². The number of aromatic nitrogens is 1. The quantitative estimate of drug-likeness (QED) is 0.919. The fraction of sp³-hybridized carbons (Fsp3) is 0.800. The van der Waals surface area contributed by atoms with Gasteiger partial charge in [-0.3, -0.25) is 4.90 Å². The van der Waals surface area contributed by atoms with E-state index < -0.39 is 0 Å². The smallest absolute Gasteiger partial charge is 0.0944 e. The zero-order valence-corrected chi connectivity index (χ0v) is 14.2. The van der Waals surface area contributed by atoms with Crippen LogP contribution < -0.4 is 5.73 Å². The van der Waals surface area contributed by atoms with Gasteiger partial charge in [0.1, 0.15) is 0 Å². The molecule has 0 saturated carbocycles. The topological polar surface area (TPSA) is 45.4 Å². The van der Waals surface area contributed by atoms with Crippen molar-refractivity contribution in [3.63, 3.8) is 0 Å². The molecule has 0 aliphatic carbocycles. The van der Waals surface area contributed by atoms with Gasteiger partial charge in [0.25, 0.3) is 0 Å². The minimum atomic E-state index is 0.126. The van der Waals surface area contributed by atoms with Crippen LogP contribution in [0.2, 0.25) is 0 Å². The average molecular weight is 296 g/mol. The Kier molecular flexibility index (Phi) is 4.84. The third-order valence-corrected chi connectivity index (χ3v) is 5.00. The molecule has 114 valence electrons. The number of hydrogen-bond donors (Lipinski definition) is 1. The molecule has 0 spiro atoms. The summed E-state index contributed by atoms with van der Waals surface area (Å²) in [5.74, 6) is 0. The molecule has 2 atom stereocenters. The molecule has 0 amide bonds. The Morgan fingerprint density at radius 1 is 1.40 bits per heavy atom. The Bertz CT molecular complexity index is 437. The lowest BCUT2D eigenvalue weighted by Gasteiger charge is -2.40. The molecule has 1 aliphatic heterocycles. The molecule has 2 rings (SSSR count). The number of nitrogens with zero attached hydrogens (tertiary/aromatic N) is 3. The zero-order valence-electron chi connectivity index (χ0n) is 13.4. The molecule has 1 aliphatic rings. The lowest BCUT2D eigenvalue weighted by atomic mass is 9.93. The summed E-state index contributed by atoms with van der Waals surface area (Å²) in [4.78, 5) is 9.53. The molecular formula is C15H28N4S. The van der Waals surface area contributed by atoms with Crippen molar-refractivity contribution in [1.82, 2.24) is 14.8 Å². The van der Waals surface area contributed by atoms with E-state index in [1.54, 1.807) is 11.3 Å². The van der Waals surface area contributed by atoms with Gasteiger partial charge in [0, 0.05) is 48.9 Å². The van der Waals surface area contributed by atoms with Crippen LogP contribution in [0.1, 0.15) is 31.5 Å². The summed E-state index contributed by atoms with van der Waals surface area (Å²) in [6, 6.07) is 0.581. The van der Waals surface area contributed by atoms with Crippen LogP contribution in [0, 0.1) is 0 Å². The standard InChI is InChI=1S/C15H28N4S/c1-15(2,3)13-10-20-14(17-13)8-11(16)12-9-18(4)6-7-19(12)5/h10-12H,6-9,16H2,1-5H3. The van der Waals surface area contributed by atoms with Crippen LogP contribution in [-0.2, 0) is 11.8 Å². The van der Waals surface area contributed by atoms with Gasteiger partial charge in [-0.25, -0.2) is 4.98 Å². The first-order valence-corrected chi connectivity index (χ1v) is 8.24. The van der Waals surface area contributed by atoms with Gasteiger partial charge in [-0.2, -0.15) is 0 Å². The number of nitrogens with two attached hydrogens (primary N) is 1. The number of thiazole rings is 1. The number of piperazine rings is 1. The molecule has 0 aromatic carbocycles. The molecule has 5 heteroatoms. The molecule has 1 aromatic rings. The first-order valence-electron chi connectivity index (χ1n) is 7.36. The van der Waals surface area contributed by atoms with E-state index in [9.17, 15) is 0 Å². The van der Waals surface area contributed by atoms with Crippen LogP contribution in [0.25, 0.3) is 0 Å². The SMILES string of the molecule is CN1CCN(C)C(C(N)Cc2nc(C(C)(C)C)cs2)C1. The predicted molar refractivity (Wildman–Crippen MR) is 86.4 cm³/mol. The highest BCUT2D eigenvalue weighted by atomic mass is 32.1. The van der Waals surface area contributed by atoms with Crippen LogP contribution in [0.5, 0.6) is 0 Å². The Morgan fingerprint density at radius 3 is 2.70 bits per heavy atom. The summed E-state index contributed by atoms with van der Waals surface area (Å²) in [6.07, 6.45) is 0.879. The van der Waals surface area contributed by atoms with Gasteiger partial charge in [-0.15, -0.1) is 11.3 Å². The van der Waals surface area contributed by atoms with E-state index in [1.807, 2.05) is 0 Å². The minimum Gasteiger partial charge on any atom is -0.326 e. The molecule has 2 N–H and O–H groups in total. The van der Waals surface area contributed by atoms with Crippen LogP contribution in [0.3, 0.4) is 0 Å². The maximum Gasteiger partial charge on any atom is 0.0944 e. The molecule has 1 fully saturated rings. The van der Waals surface area contributed by atoms with Gasteiger partial charge < -0.3 is 10.6 Å². The second-order valence-electron chi connectivity index (χ2n) is 7.05. The highest BCUT2D eigenvalue weighted by Crippen LogP contribution is 2.25. The Morgan fingerprint density at radius 2 is 2.10 bits per heavy atom. The summed E-state index contributed by atoms with van der Waals surface area (Å²) in [6.45, 7) is 9.89. The summed E-state index contributed by atoms with van der Waals surface area (Å²) >= 11 is 1.75. The maximum atomic E-state index is 6.45. The van der Waals surface area contributed by atoms with Crippen LogP contribution in [-0.4, -0.2) is 60.6 Å². The fourth-order valence-electron chi connectivity index (χ4n) is 2.59. The summed E-state index contributed by atoms with van der Waals surface area (Å²) in [7, 11) is 4.35. The largest absolute Gasteiger partial charge is 0.326 e. The normalized spacial score (nSPS) is 24.0. The molecule has 2 heterocycles. The monoisotopic (exact) mass is 296 g/mol. The van der Waals surface area contributed by atoms with E-state index in [-0.39, 0.29) is 11.5 Å². The van der Waals surface area contributed by atoms with E-state index in [2.05, 4.69) is 50.0 Å². The summed E-state index contributed by atoms with van der Waals surface area (Å²) in [5.41, 5.74) is 7.75. The lowest BCUT2D eigenvalue weighted by molar-refractivity contribution is 0.0973. The van der Waals surface area contributed by atoms with Gasteiger partial charge in [-0.1, -0.05) is 20.8 Å². The van der Waals surface area contributed by atoms with Gasteiger partial charge in [0.15, 0.2) is 0 Å². The number of likely N-dealkylation sites (N-methyl/N-ethyl adjacent to an activating group) is 2.